The Morgan fingerprint density at radius 2 is 2.17 bits per heavy atom. The Labute approximate surface area is 137 Å². The van der Waals surface area contributed by atoms with E-state index in [2.05, 4.69) is 15.6 Å². The standard InChI is InChI=1S/C16H19F3N4O/c1-2-4-14(12-5-3-6-13(11-12)16(17,18)19)21-15(24)7-9-23-10-8-20-22-23/h3,5-6,8,10-11,14H,2,4,7,9H2,1H3,(H,21,24)/t14-/m1/s1. The van der Waals surface area contributed by atoms with Gasteiger partial charge in [0.25, 0.3) is 0 Å². The fourth-order valence-corrected chi connectivity index (χ4v) is 2.38. The van der Waals surface area contributed by atoms with Crippen molar-refractivity contribution in [3.05, 3.63) is 47.8 Å². The summed E-state index contributed by atoms with van der Waals surface area (Å²) >= 11 is 0. The lowest BCUT2D eigenvalue weighted by Gasteiger charge is -2.20. The highest BCUT2D eigenvalue weighted by Crippen LogP contribution is 2.31. The van der Waals surface area contributed by atoms with Crippen molar-refractivity contribution in [2.24, 2.45) is 0 Å². The number of aryl methyl sites for hydroxylation is 1. The number of alkyl halides is 3. The normalized spacial score (nSPS) is 12.8. The van der Waals surface area contributed by atoms with Gasteiger partial charge in [-0.25, -0.2) is 0 Å². The van der Waals surface area contributed by atoms with Crippen LogP contribution < -0.4 is 5.32 Å². The summed E-state index contributed by atoms with van der Waals surface area (Å²) < 4.78 is 40.1. The van der Waals surface area contributed by atoms with E-state index in [4.69, 9.17) is 0 Å². The smallest absolute Gasteiger partial charge is 0.349 e. The summed E-state index contributed by atoms with van der Waals surface area (Å²) in [4.78, 5) is 12.1. The first-order chi connectivity index (χ1) is 11.4. The Hall–Kier alpha value is -2.38. The van der Waals surface area contributed by atoms with Gasteiger partial charge in [-0.15, -0.1) is 5.10 Å². The molecule has 0 bridgehead atoms. The molecule has 1 amide bonds. The van der Waals surface area contributed by atoms with Gasteiger partial charge in [-0.05, 0) is 24.1 Å². The topological polar surface area (TPSA) is 59.8 Å². The van der Waals surface area contributed by atoms with Crippen LogP contribution in [0.25, 0.3) is 0 Å². The van der Waals surface area contributed by atoms with E-state index in [1.807, 2.05) is 6.92 Å². The van der Waals surface area contributed by atoms with E-state index in [0.29, 0.717) is 18.5 Å². The minimum absolute atomic E-state index is 0.183. The molecule has 0 saturated heterocycles. The van der Waals surface area contributed by atoms with Gasteiger partial charge in [0.1, 0.15) is 0 Å². The third-order valence-corrected chi connectivity index (χ3v) is 3.57. The van der Waals surface area contributed by atoms with Gasteiger partial charge in [0.15, 0.2) is 0 Å². The Bertz CT molecular complexity index is 656. The third kappa shape index (κ3) is 5.07. The lowest BCUT2D eigenvalue weighted by molar-refractivity contribution is -0.137. The fourth-order valence-electron chi connectivity index (χ4n) is 2.38. The number of nitrogens with one attached hydrogen (secondary N) is 1. The maximum absolute atomic E-state index is 12.9. The molecule has 0 unspecified atom stereocenters. The van der Waals surface area contributed by atoms with Crippen LogP contribution in [0.15, 0.2) is 36.7 Å². The summed E-state index contributed by atoms with van der Waals surface area (Å²) in [5.74, 6) is -0.235. The molecule has 8 heteroatoms. The number of nitrogens with zero attached hydrogens (tertiary/aromatic N) is 3. The number of rotatable bonds is 7. The number of carbonyl (C=O) groups is 1. The van der Waals surface area contributed by atoms with Crippen molar-refractivity contribution in [1.29, 1.82) is 0 Å². The molecule has 0 aliphatic heterocycles. The van der Waals surface area contributed by atoms with Crippen LogP contribution in [-0.4, -0.2) is 20.9 Å². The van der Waals surface area contributed by atoms with E-state index < -0.39 is 17.8 Å². The first-order valence-corrected chi connectivity index (χ1v) is 7.70. The lowest BCUT2D eigenvalue weighted by atomic mass is 9.99. The van der Waals surface area contributed by atoms with Crippen molar-refractivity contribution in [3.63, 3.8) is 0 Å². The Balaban J connectivity index is 2.04. The van der Waals surface area contributed by atoms with Crippen LogP contribution >= 0.6 is 0 Å². The first-order valence-electron chi connectivity index (χ1n) is 7.70. The summed E-state index contributed by atoms with van der Waals surface area (Å²) in [6.45, 7) is 2.29. The van der Waals surface area contributed by atoms with Crippen molar-refractivity contribution in [1.82, 2.24) is 20.3 Å². The Kier molecular flexibility index (Phi) is 5.94. The average Bonchev–Trinajstić information content (AvgIpc) is 3.05. The van der Waals surface area contributed by atoms with Crippen molar-refractivity contribution in [2.75, 3.05) is 0 Å². The number of benzene rings is 1. The second kappa shape index (κ2) is 7.94. The minimum atomic E-state index is -4.40. The minimum Gasteiger partial charge on any atom is -0.349 e. The molecule has 0 spiro atoms. The molecule has 2 rings (SSSR count). The molecule has 24 heavy (non-hydrogen) atoms. The number of amides is 1. The van der Waals surface area contributed by atoms with Crippen molar-refractivity contribution in [2.45, 2.75) is 44.9 Å². The van der Waals surface area contributed by atoms with Gasteiger partial charge in [-0.3, -0.25) is 9.48 Å². The fraction of sp³-hybridized carbons (Fsp3) is 0.438. The Morgan fingerprint density at radius 3 is 2.79 bits per heavy atom. The molecule has 5 nitrogen and oxygen atoms in total. The summed E-state index contributed by atoms with van der Waals surface area (Å²) in [6.07, 6.45) is 0.247. The van der Waals surface area contributed by atoms with E-state index in [0.717, 1.165) is 18.6 Å². The molecule has 0 saturated carbocycles. The molecule has 0 aliphatic carbocycles. The number of aromatic nitrogens is 3. The van der Waals surface area contributed by atoms with Crippen molar-refractivity contribution in [3.8, 4) is 0 Å². The zero-order valence-electron chi connectivity index (χ0n) is 13.3. The van der Waals surface area contributed by atoms with E-state index in [1.165, 1.54) is 16.9 Å². The van der Waals surface area contributed by atoms with Crippen LogP contribution in [0, 0.1) is 0 Å². The number of hydrogen-bond acceptors (Lipinski definition) is 3. The maximum Gasteiger partial charge on any atom is 0.416 e. The molecule has 0 radical (unpaired) electrons. The van der Waals surface area contributed by atoms with Gasteiger partial charge in [-0.1, -0.05) is 30.7 Å². The molecule has 1 N–H and O–H groups in total. The first kappa shape index (κ1) is 18.0. The quantitative estimate of drug-likeness (QED) is 0.841. The number of carbonyl (C=O) groups excluding carboxylic acids is 1. The molecule has 2 aromatic rings. The average molecular weight is 340 g/mol. The SMILES string of the molecule is CCC[C@@H](NC(=O)CCn1ccnn1)c1cccc(C(F)(F)F)c1. The van der Waals surface area contributed by atoms with E-state index in [-0.39, 0.29) is 12.3 Å². The molecular weight excluding hydrogens is 321 g/mol. The van der Waals surface area contributed by atoms with E-state index >= 15 is 0 Å². The highest BCUT2D eigenvalue weighted by atomic mass is 19.4. The summed E-state index contributed by atoms with van der Waals surface area (Å²) in [6, 6.07) is 4.65. The molecule has 1 atom stereocenters. The summed E-state index contributed by atoms with van der Waals surface area (Å²) in [5.41, 5.74) is -0.251. The highest BCUT2D eigenvalue weighted by Gasteiger charge is 2.31. The van der Waals surface area contributed by atoms with Gasteiger partial charge in [0, 0.05) is 12.6 Å². The zero-order valence-corrected chi connectivity index (χ0v) is 13.3. The third-order valence-electron chi connectivity index (χ3n) is 3.57. The molecule has 1 heterocycles. The second-order valence-corrected chi connectivity index (χ2v) is 5.45. The highest BCUT2D eigenvalue weighted by molar-refractivity contribution is 5.76. The van der Waals surface area contributed by atoms with Gasteiger partial charge >= 0.3 is 6.18 Å². The molecule has 1 aromatic carbocycles. The van der Waals surface area contributed by atoms with Crippen LogP contribution in [0.3, 0.4) is 0 Å². The number of halogens is 3. The maximum atomic E-state index is 12.9. The molecule has 0 aliphatic rings. The van der Waals surface area contributed by atoms with Crippen molar-refractivity contribution >= 4 is 5.91 Å². The van der Waals surface area contributed by atoms with Gasteiger partial charge < -0.3 is 5.32 Å². The largest absolute Gasteiger partial charge is 0.416 e. The molecule has 130 valence electrons. The van der Waals surface area contributed by atoms with Crippen LogP contribution in [-0.2, 0) is 17.5 Å². The molecule has 1 aromatic heterocycles. The lowest BCUT2D eigenvalue weighted by Crippen LogP contribution is -2.29. The number of hydrogen-bond donors (Lipinski definition) is 1. The van der Waals surface area contributed by atoms with Crippen LogP contribution in [0.2, 0.25) is 0 Å². The second-order valence-electron chi connectivity index (χ2n) is 5.45. The van der Waals surface area contributed by atoms with Gasteiger partial charge in [0.05, 0.1) is 24.3 Å². The van der Waals surface area contributed by atoms with E-state index in [9.17, 15) is 18.0 Å². The monoisotopic (exact) mass is 340 g/mol. The van der Waals surface area contributed by atoms with Gasteiger partial charge in [0.2, 0.25) is 5.91 Å². The predicted molar refractivity (Wildman–Crippen MR) is 81.9 cm³/mol. The molecule has 0 fully saturated rings. The predicted octanol–water partition coefficient (Wildman–Crippen LogP) is 3.34. The Morgan fingerprint density at radius 1 is 1.38 bits per heavy atom. The summed E-state index contributed by atoms with van der Waals surface area (Å²) in [5, 5.41) is 10.2. The van der Waals surface area contributed by atoms with Crippen molar-refractivity contribution < 1.29 is 18.0 Å². The van der Waals surface area contributed by atoms with Crippen LogP contribution in [0.5, 0.6) is 0 Å². The van der Waals surface area contributed by atoms with Crippen LogP contribution in [0.4, 0.5) is 13.2 Å². The van der Waals surface area contributed by atoms with E-state index in [1.54, 1.807) is 12.3 Å². The molecular formula is C16H19F3N4O. The zero-order chi connectivity index (χ0) is 17.6. The summed E-state index contributed by atoms with van der Waals surface area (Å²) in [7, 11) is 0. The van der Waals surface area contributed by atoms with Gasteiger partial charge in [-0.2, -0.15) is 13.2 Å². The van der Waals surface area contributed by atoms with Crippen LogP contribution in [0.1, 0.15) is 43.4 Å².